The van der Waals surface area contributed by atoms with Gasteiger partial charge in [0.15, 0.2) is 0 Å². The van der Waals surface area contributed by atoms with Gasteiger partial charge in [-0.2, -0.15) is 0 Å². The molecule has 0 spiro atoms. The van der Waals surface area contributed by atoms with Crippen LogP contribution < -0.4 is 0 Å². The van der Waals surface area contributed by atoms with E-state index >= 15 is 0 Å². The van der Waals surface area contributed by atoms with E-state index in [0.29, 0.717) is 5.75 Å². The van der Waals surface area contributed by atoms with Crippen LogP contribution in [0.3, 0.4) is 0 Å². The predicted octanol–water partition coefficient (Wildman–Crippen LogP) is 3.46. The molecule has 0 bridgehead atoms. The molecule has 0 saturated carbocycles. The molecule has 1 unspecified atom stereocenters. The molecule has 1 atom stereocenters. The van der Waals surface area contributed by atoms with Gasteiger partial charge in [-0.05, 0) is 36.6 Å². The number of nitrogens with zero attached hydrogens (tertiary/aromatic N) is 1. The predicted molar refractivity (Wildman–Crippen MR) is 96.2 cm³/mol. The van der Waals surface area contributed by atoms with E-state index in [2.05, 4.69) is 0 Å². The molecule has 24 heavy (non-hydrogen) atoms. The minimum Gasteiger partial charge on any atom is -0.456 e. The summed E-state index contributed by atoms with van der Waals surface area (Å²) in [5.41, 5.74) is 2.66. The fraction of sp³-hybridized carbons (Fsp3) is 0.316. The van der Waals surface area contributed by atoms with Crippen LogP contribution in [0.1, 0.15) is 18.4 Å². The number of carbonyl (C=O) groups excluding carboxylic acids is 1. The number of carbonyl (C=O) groups is 1. The Morgan fingerprint density at radius 1 is 1.04 bits per heavy atom. The lowest BCUT2D eigenvalue weighted by atomic mass is 10.1. The average Bonchev–Trinajstić information content (AvgIpc) is 3.22. The third kappa shape index (κ3) is 2.96. The van der Waals surface area contributed by atoms with Crippen LogP contribution in [-0.4, -0.2) is 33.9 Å². The van der Waals surface area contributed by atoms with Crippen molar-refractivity contribution >= 4 is 38.6 Å². The van der Waals surface area contributed by atoms with E-state index in [-0.39, 0.29) is 11.7 Å². The van der Waals surface area contributed by atoms with E-state index in [0.717, 1.165) is 53.4 Å². The van der Waals surface area contributed by atoms with E-state index < -0.39 is 10.8 Å². The number of furan rings is 1. The van der Waals surface area contributed by atoms with Gasteiger partial charge >= 0.3 is 0 Å². The van der Waals surface area contributed by atoms with Crippen molar-refractivity contribution in [3.8, 4) is 0 Å². The molecule has 0 radical (unpaired) electrons. The summed E-state index contributed by atoms with van der Waals surface area (Å²) >= 11 is 0. The minimum atomic E-state index is -1.18. The average molecular weight is 341 g/mol. The molecule has 1 aliphatic rings. The van der Waals surface area contributed by atoms with Crippen LogP contribution >= 0.6 is 0 Å². The highest BCUT2D eigenvalue weighted by Crippen LogP contribution is 2.29. The fourth-order valence-electron chi connectivity index (χ4n) is 3.30. The first-order valence-corrected chi connectivity index (χ1v) is 9.72. The highest BCUT2D eigenvalue weighted by Gasteiger charge is 2.20. The number of hydrogen-bond acceptors (Lipinski definition) is 3. The molecule has 2 aromatic carbocycles. The van der Waals surface area contributed by atoms with Gasteiger partial charge in [-0.25, -0.2) is 0 Å². The molecule has 124 valence electrons. The number of para-hydroxylation sites is 1. The molecule has 3 aromatic rings. The van der Waals surface area contributed by atoms with Gasteiger partial charge in [0.25, 0.3) is 0 Å². The quantitative estimate of drug-likeness (QED) is 0.730. The second-order valence-corrected chi connectivity index (χ2v) is 7.70. The normalized spacial score (nSPS) is 16.1. The number of hydrogen-bond donors (Lipinski definition) is 0. The summed E-state index contributed by atoms with van der Waals surface area (Å²) in [4.78, 5) is 13.9. The third-order valence-corrected chi connectivity index (χ3v) is 5.74. The second kappa shape index (κ2) is 6.40. The van der Waals surface area contributed by atoms with Crippen LogP contribution in [0, 0.1) is 0 Å². The van der Waals surface area contributed by atoms with Crippen molar-refractivity contribution in [2.24, 2.45) is 0 Å². The Kier molecular flexibility index (Phi) is 4.10. The van der Waals surface area contributed by atoms with E-state index in [1.807, 2.05) is 47.4 Å². The van der Waals surface area contributed by atoms with Gasteiger partial charge in [0.2, 0.25) is 5.91 Å². The first-order valence-electron chi connectivity index (χ1n) is 8.23. The van der Waals surface area contributed by atoms with Crippen LogP contribution in [0.15, 0.2) is 46.9 Å². The maximum absolute atomic E-state index is 12.4. The van der Waals surface area contributed by atoms with Crippen LogP contribution in [0.4, 0.5) is 0 Å². The Hall–Kier alpha value is -2.14. The molecular formula is C19H19NO3S. The summed E-state index contributed by atoms with van der Waals surface area (Å²) in [7, 11) is -1.18. The van der Waals surface area contributed by atoms with Crippen molar-refractivity contribution in [3.63, 3.8) is 0 Å². The van der Waals surface area contributed by atoms with Crippen LogP contribution in [-0.2, 0) is 21.3 Å². The third-order valence-electron chi connectivity index (χ3n) is 4.51. The fourth-order valence-corrected chi connectivity index (χ4v) is 4.41. The summed E-state index contributed by atoms with van der Waals surface area (Å²) in [6.07, 6.45) is 2.12. The Morgan fingerprint density at radius 2 is 1.79 bits per heavy atom. The zero-order chi connectivity index (χ0) is 16.5. The Balaban J connectivity index is 1.52. The zero-order valence-corrected chi connectivity index (χ0v) is 14.2. The van der Waals surface area contributed by atoms with Gasteiger partial charge in [-0.15, -0.1) is 0 Å². The maximum atomic E-state index is 12.4. The topological polar surface area (TPSA) is 50.5 Å². The summed E-state index contributed by atoms with van der Waals surface area (Å²) in [6.45, 7) is 1.62. The number of benzene rings is 2. The van der Waals surface area contributed by atoms with Gasteiger partial charge in [0, 0.05) is 40.4 Å². The van der Waals surface area contributed by atoms with Crippen LogP contribution in [0.5, 0.6) is 0 Å². The van der Waals surface area contributed by atoms with Gasteiger partial charge in [0.05, 0.1) is 0 Å². The van der Waals surface area contributed by atoms with Crippen molar-refractivity contribution < 1.29 is 13.4 Å². The number of likely N-dealkylation sites (tertiary alicyclic amines) is 1. The molecule has 1 fully saturated rings. The van der Waals surface area contributed by atoms with Gasteiger partial charge < -0.3 is 9.32 Å². The summed E-state index contributed by atoms with van der Waals surface area (Å²) in [5, 5.41) is 2.10. The lowest BCUT2D eigenvalue weighted by Crippen LogP contribution is -2.31. The molecule has 1 aromatic heterocycles. The molecule has 1 amide bonds. The SMILES string of the molecule is O=C(CS(=O)Cc1ccc2oc3ccccc3c2c1)N1CCCC1. The smallest absolute Gasteiger partial charge is 0.235 e. The first kappa shape index (κ1) is 15.4. The molecule has 1 aliphatic heterocycles. The van der Waals surface area contributed by atoms with Crippen molar-refractivity contribution in [3.05, 3.63) is 48.0 Å². The standard InChI is InChI=1S/C19H19NO3S/c21-19(20-9-3-4-10-20)13-24(22)12-14-7-8-18-16(11-14)15-5-1-2-6-17(15)23-18/h1-2,5-8,11H,3-4,9-10,12-13H2. The number of fused-ring (bicyclic) bond motifs is 3. The Bertz CT molecular complexity index is 925. The highest BCUT2D eigenvalue weighted by molar-refractivity contribution is 7.84. The van der Waals surface area contributed by atoms with Gasteiger partial charge in [-0.1, -0.05) is 24.3 Å². The molecule has 5 heteroatoms. The maximum Gasteiger partial charge on any atom is 0.235 e. The van der Waals surface area contributed by atoms with Gasteiger partial charge in [0.1, 0.15) is 16.9 Å². The lowest BCUT2D eigenvalue weighted by molar-refractivity contribution is -0.127. The molecule has 0 aliphatic carbocycles. The molecule has 0 N–H and O–H groups in total. The zero-order valence-electron chi connectivity index (χ0n) is 13.4. The molecule has 1 saturated heterocycles. The van der Waals surface area contributed by atoms with E-state index in [9.17, 15) is 9.00 Å². The summed E-state index contributed by atoms with van der Waals surface area (Å²) < 4.78 is 18.2. The monoisotopic (exact) mass is 341 g/mol. The van der Waals surface area contributed by atoms with Crippen molar-refractivity contribution in [1.82, 2.24) is 4.90 Å². The molecular weight excluding hydrogens is 322 g/mol. The van der Waals surface area contributed by atoms with Crippen LogP contribution in [0.2, 0.25) is 0 Å². The highest BCUT2D eigenvalue weighted by atomic mass is 32.2. The van der Waals surface area contributed by atoms with Crippen molar-refractivity contribution in [2.45, 2.75) is 18.6 Å². The lowest BCUT2D eigenvalue weighted by Gasteiger charge is -2.14. The minimum absolute atomic E-state index is 0.0145. The Labute approximate surface area is 142 Å². The first-order chi connectivity index (χ1) is 11.7. The van der Waals surface area contributed by atoms with E-state index in [4.69, 9.17) is 4.42 Å². The summed E-state index contributed by atoms with van der Waals surface area (Å²) in [6, 6.07) is 13.8. The van der Waals surface area contributed by atoms with Crippen LogP contribution in [0.25, 0.3) is 21.9 Å². The largest absolute Gasteiger partial charge is 0.456 e. The number of amides is 1. The van der Waals surface area contributed by atoms with E-state index in [1.165, 1.54) is 0 Å². The van der Waals surface area contributed by atoms with Gasteiger partial charge in [-0.3, -0.25) is 9.00 Å². The molecule has 4 rings (SSSR count). The van der Waals surface area contributed by atoms with E-state index in [1.54, 1.807) is 0 Å². The number of rotatable bonds is 4. The van der Waals surface area contributed by atoms with Crippen molar-refractivity contribution in [1.29, 1.82) is 0 Å². The second-order valence-electron chi connectivity index (χ2n) is 6.25. The Morgan fingerprint density at radius 3 is 2.62 bits per heavy atom. The molecule has 4 nitrogen and oxygen atoms in total. The van der Waals surface area contributed by atoms with Crippen molar-refractivity contribution in [2.75, 3.05) is 18.8 Å². The summed E-state index contributed by atoms with van der Waals surface area (Å²) in [5.74, 6) is 0.528. The molecule has 2 heterocycles.